The Hall–Kier alpha value is -3.07. The molecular weight excluding hydrogens is 393 g/mol. The van der Waals surface area contributed by atoms with Crippen LogP contribution >= 0.6 is 0 Å². The Kier molecular flexibility index (Phi) is 4.08. The van der Waals surface area contributed by atoms with E-state index in [1.54, 1.807) is 17.9 Å². The highest BCUT2D eigenvalue weighted by atomic mass is 19.1. The van der Waals surface area contributed by atoms with Gasteiger partial charge in [0.1, 0.15) is 17.5 Å². The van der Waals surface area contributed by atoms with Gasteiger partial charge in [0.15, 0.2) is 5.78 Å². The summed E-state index contributed by atoms with van der Waals surface area (Å²) in [6.45, 7) is 3.95. The summed E-state index contributed by atoms with van der Waals surface area (Å²) in [7, 11) is 0. The van der Waals surface area contributed by atoms with E-state index in [1.807, 2.05) is 6.92 Å². The SMILES string of the molecule is C[C@@H]1CN2c3c(F)cc(-c4ncco4)cc3CC3(C(=O)CC(=O)NC3=O)[C@H]2[C@H](C)O1. The highest BCUT2D eigenvalue weighted by Gasteiger charge is 2.62. The Morgan fingerprint density at radius 3 is 2.77 bits per heavy atom. The zero-order chi connectivity index (χ0) is 21.2. The number of rotatable bonds is 1. The van der Waals surface area contributed by atoms with Crippen LogP contribution in [0.3, 0.4) is 0 Å². The molecule has 0 radical (unpaired) electrons. The number of fused-ring (bicyclic) bond motifs is 4. The smallest absolute Gasteiger partial charge is 0.242 e. The highest BCUT2D eigenvalue weighted by molar-refractivity contribution is 6.22. The van der Waals surface area contributed by atoms with Gasteiger partial charge in [0.05, 0.1) is 36.6 Å². The molecule has 156 valence electrons. The number of amides is 2. The van der Waals surface area contributed by atoms with E-state index in [0.29, 0.717) is 23.4 Å². The van der Waals surface area contributed by atoms with Crippen LogP contribution in [0.1, 0.15) is 25.8 Å². The summed E-state index contributed by atoms with van der Waals surface area (Å²) in [4.78, 5) is 44.0. The van der Waals surface area contributed by atoms with Crippen molar-refractivity contribution in [3.8, 4) is 11.5 Å². The standard InChI is InChI=1S/C21H20FN3O5/c1-10-9-25-17-13(5-12(6-14(17)22)19-23-3-4-29-19)8-21(18(25)11(2)30-10)15(26)7-16(27)24-20(21)28/h3-6,10-11,18H,7-9H2,1-2H3,(H,24,27,28)/t10-,11+,18-,21?/m1/s1. The third-order valence-electron chi connectivity index (χ3n) is 6.24. The lowest BCUT2D eigenvalue weighted by Gasteiger charge is -2.55. The van der Waals surface area contributed by atoms with Crippen LogP contribution in [0.15, 0.2) is 29.0 Å². The first-order valence-electron chi connectivity index (χ1n) is 9.83. The van der Waals surface area contributed by atoms with Gasteiger partial charge in [0, 0.05) is 12.1 Å². The van der Waals surface area contributed by atoms with Crippen LogP contribution in [0.2, 0.25) is 0 Å². The van der Waals surface area contributed by atoms with Gasteiger partial charge in [0.25, 0.3) is 0 Å². The van der Waals surface area contributed by atoms with Crippen molar-refractivity contribution in [3.63, 3.8) is 0 Å². The van der Waals surface area contributed by atoms with Crippen molar-refractivity contribution < 1.29 is 27.9 Å². The lowest BCUT2D eigenvalue weighted by atomic mass is 9.63. The number of nitrogens with one attached hydrogen (secondary N) is 1. The van der Waals surface area contributed by atoms with E-state index in [4.69, 9.17) is 9.15 Å². The summed E-state index contributed by atoms with van der Waals surface area (Å²) in [6.07, 6.45) is 1.67. The summed E-state index contributed by atoms with van der Waals surface area (Å²) in [5, 5.41) is 2.32. The van der Waals surface area contributed by atoms with Crippen LogP contribution in [-0.4, -0.2) is 47.4 Å². The predicted octanol–water partition coefficient (Wildman–Crippen LogP) is 1.62. The molecule has 0 bridgehead atoms. The fourth-order valence-corrected chi connectivity index (χ4v) is 5.22. The number of halogens is 1. The molecule has 0 saturated carbocycles. The molecule has 2 amide bonds. The average molecular weight is 413 g/mol. The van der Waals surface area contributed by atoms with Gasteiger partial charge in [-0.25, -0.2) is 9.37 Å². The van der Waals surface area contributed by atoms with Crippen molar-refractivity contribution in [2.45, 2.75) is 44.9 Å². The second-order valence-electron chi connectivity index (χ2n) is 8.18. The third kappa shape index (κ3) is 2.54. The number of carbonyl (C=O) groups is 3. The maximum atomic E-state index is 15.4. The molecule has 30 heavy (non-hydrogen) atoms. The minimum absolute atomic E-state index is 0.0327. The van der Waals surface area contributed by atoms with E-state index in [0.717, 1.165) is 0 Å². The van der Waals surface area contributed by atoms with Crippen LogP contribution < -0.4 is 10.2 Å². The first kappa shape index (κ1) is 18.9. The molecule has 1 unspecified atom stereocenters. The van der Waals surface area contributed by atoms with Gasteiger partial charge in [-0.15, -0.1) is 0 Å². The van der Waals surface area contributed by atoms with Gasteiger partial charge in [-0.1, -0.05) is 0 Å². The normalized spacial score (nSPS) is 30.8. The molecule has 3 aliphatic rings. The van der Waals surface area contributed by atoms with Crippen molar-refractivity contribution in [3.05, 3.63) is 36.0 Å². The highest BCUT2D eigenvalue weighted by Crippen LogP contribution is 2.49. The first-order chi connectivity index (χ1) is 14.3. The Balaban J connectivity index is 1.73. The van der Waals surface area contributed by atoms with E-state index in [1.165, 1.54) is 18.5 Å². The zero-order valence-electron chi connectivity index (χ0n) is 16.5. The molecule has 2 saturated heterocycles. The fraction of sp³-hybridized carbons (Fsp3) is 0.429. The van der Waals surface area contributed by atoms with E-state index < -0.39 is 47.4 Å². The van der Waals surface area contributed by atoms with E-state index in [2.05, 4.69) is 10.3 Å². The number of nitrogens with zero attached hydrogens (tertiary/aromatic N) is 2. The molecule has 2 fully saturated rings. The van der Waals surface area contributed by atoms with Crippen molar-refractivity contribution >= 4 is 23.3 Å². The number of ether oxygens (including phenoxy) is 1. The number of ketones is 1. The Morgan fingerprint density at radius 1 is 1.27 bits per heavy atom. The second-order valence-corrected chi connectivity index (χ2v) is 8.18. The number of aromatic nitrogens is 1. The largest absolute Gasteiger partial charge is 0.445 e. The molecule has 1 spiro atoms. The van der Waals surface area contributed by atoms with Gasteiger partial charge in [-0.05, 0) is 38.0 Å². The van der Waals surface area contributed by atoms with Crippen LogP contribution in [-0.2, 0) is 25.5 Å². The summed E-state index contributed by atoms with van der Waals surface area (Å²) in [6, 6.07) is 2.32. The first-order valence-corrected chi connectivity index (χ1v) is 9.83. The van der Waals surface area contributed by atoms with Crippen molar-refractivity contribution in [1.29, 1.82) is 0 Å². The summed E-state index contributed by atoms with van der Waals surface area (Å²) in [5.74, 6) is -1.99. The van der Waals surface area contributed by atoms with Gasteiger partial charge < -0.3 is 14.1 Å². The fourth-order valence-electron chi connectivity index (χ4n) is 5.22. The number of Topliss-reactive ketones (excluding diaryl/α,β-unsaturated/α-hetero) is 1. The number of morpholine rings is 1. The molecule has 0 aliphatic carbocycles. The van der Waals surface area contributed by atoms with E-state index in [9.17, 15) is 14.4 Å². The number of imide groups is 1. The molecular formula is C21H20FN3O5. The third-order valence-corrected chi connectivity index (χ3v) is 6.24. The molecule has 9 heteroatoms. The van der Waals surface area contributed by atoms with E-state index in [-0.39, 0.29) is 18.4 Å². The molecule has 1 aromatic carbocycles. The lowest BCUT2D eigenvalue weighted by molar-refractivity contribution is -0.158. The number of hydrogen-bond acceptors (Lipinski definition) is 7. The van der Waals surface area contributed by atoms with Crippen molar-refractivity contribution in [2.24, 2.45) is 5.41 Å². The minimum Gasteiger partial charge on any atom is -0.445 e. The Bertz CT molecular complexity index is 1050. The average Bonchev–Trinajstić information content (AvgIpc) is 3.19. The Labute approximate surface area is 171 Å². The quantitative estimate of drug-likeness (QED) is 0.560. The summed E-state index contributed by atoms with van der Waals surface area (Å²) in [5.41, 5.74) is -0.278. The lowest BCUT2D eigenvalue weighted by Crippen LogP contribution is -2.72. The van der Waals surface area contributed by atoms with Crippen molar-refractivity contribution in [2.75, 3.05) is 11.4 Å². The molecule has 8 nitrogen and oxygen atoms in total. The molecule has 3 aliphatic heterocycles. The maximum Gasteiger partial charge on any atom is 0.242 e. The topological polar surface area (TPSA) is 102 Å². The van der Waals surface area contributed by atoms with Gasteiger partial charge >= 0.3 is 0 Å². The van der Waals surface area contributed by atoms with Crippen molar-refractivity contribution in [1.82, 2.24) is 10.3 Å². The number of hydrogen-bond donors (Lipinski definition) is 1. The van der Waals surface area contributed by atoms with Crippen LogP contribution in [0, 0.1) is 11.2 Å². The van der Waals surface area contributed by atoms with E-state index >= 15 is 4.39 Å². The number of anilines is 1. The van der Waals surface area contributed by atoms with Gasteiger partial charge in [-0.3, -0.25) is 19.7 Å². The number of piperidine rings is 1. The molecule has 2 aromatic rings. The Morgan fingerprint density at radius 2 is 2.07 bits per heavy atom. The molecule has 1 aromatic heterocycles. The molecule has 4 atom stereocenters. The second kappa shape index (κ2) is 6.46. The number of oxazole rings is 1. The van der Waals surface area contributed by atoms with Crippen LogP contribution in [0.25, 0.3) is 11.5 Å². The molecule has 5 rings (SSSR count). The summed E-state index contributed by atoms with van der Waals surface area (Å²) >= 11 is 0. The molecule has 1 N–H and O–H groups in total. The summed E-state index contributed by atoms with van der Waals surface area (Å²) < 4.78 is 26.6. The predicted molar refractivity (Wildman–Crippen MR) is 102 cm³/mol. The van der Waals surface area contributed by atoms with Crippen LogP contribution in [0.5, 0.6) is 0 Å². The monoisotopic (exact) mass is 413 g/mol. The molecule has 4 heterocycles. The van der Waals surface area contributed by atoms with Gasteiger partial charge in [0.2, 0.25) is 17.7 Å². The minimum atomic E-state index is -1.54. The van der Waals surface area contributed by atoms with Gasteiger partial charge in [-0.2, -0.15) is 0 Å². The number of benzene rings is 1. The van der Waals surface area contributed by atoms with Crippen LogP contribution in [0.4, 0.5) is 10.1 Å². The number of carbonyl (C=O) groups excluding carboxylic acids is 3. The zero-order valence-corrected chi connectivity index (χ0v) is 16.5. The maximum absolute atomic E-state index is 15.4.